The molecule has 5 heteroatoms. The van der Waals surface area contributed by atoms with Gasteiger partial charge in [-0.2, -0.15) is 0 Å². The number of nitrogens with one attached hydrogen (secondary N) is 1. The maximum atomic E-state index is 6.24. The van der Waals surface area contributed by atoms with Crippen LogP contribution in [0.15, 0.2) is 160 Å². The summed E-state index contributed by atoms with van der Waals surface area (Å²) >= 11 is 0. The zero-order chi connectivity index (χ0) is 30.9. The van der Waals surface area contributed by atoms with Crippen molar-refractivity contribution in [2.45, 2.75) is 6.17 Å². The molecule has 220 valence electrons. The smallest absolute Gasteiger partial charge is 0.169 e. The van der Waals surface area contributed by atoms with Gasteiger partial charge in [0.25, 0.3) is 0 Å². The molecule has 0 amide bonds. The second-order valence-electron chi connectivity index (χ2n) is 12.1. The quantitative estimate of drug-likeness (QED) is 0.205. The van der Waals surface area contributed by atoms with Crippen LogP contribution in [0.1, 0.15) is 22.9 Å². The third kappa shape index (κ3) is 4.07. The summed E-state index contributed by atoms with van der Waals surface area (Å²) in [7, 11) is 0. The van der Waals surface area contributed by atoms with Crippen molar-refractivity contribution in [2.24, 2.45) is 9.98 Å². The van der Waals surface area contributed by atoms with E-state index in [2.05, 4.69) is 126 Å². The van der Waals surface area contributed by atoms with Gasteiger partial charge < -0.3 is 9.73 Å². The molecule has 7 aromatic carbocycles. The van der Waals surface area contributed by atoms with Crippen LogP contribution < -0.4 is 5.32 Å². The highest BCUT2D eigenvalue weighted by Gasteiger charge is 2.25. The molecule has 1 N–H and O–H groups in total. The first-order valence-electron chi connectivity index (χ1n) is 15.8. The van der Waals surface area contributed by atoms with E-state index >= 15 is 0 Å². The van der Waals surface area contributed by atoms with E-state index in [1.54, 1.807) is 6.20 Å². The summed E-state index contributed by atoms with van der Waals surface area (Å²) in [5.74, 6) is 1.52. The van der Waals surface area contributed by atoms with Crippen LogP contribution in [0.3, 0.4) is 0 Å². The Labute approximate surface area is 269 Å². The van der Waals surface area contributed by atoms with Gasteiger partial charge in [0, 0.05) is 34.3 Å². The standard InChI is InChI=1S/C42H26N4O/c1-2-10-27-22-29(19-16-25(27)8-1)40-44-41(33-14-7-15-37-39(33)35-24-43-21-20-36(35)47-37)46-42(45-40)34-23-28-18-17-26-9-3-4-11-30(26)38(28)32-13-6-5-12-31(32)34/h1-24,40H,(H,44,45,46). The molecule has 0 spiro atoms. The molecule has 0 fully saturated rings. The number of benzene rings is 7. The van der Waals surface area contributed by atoms with Crippen LogP contribution in [-0.4, -0.2) is 16.7 Å². The molecule has 0 saturated carbocycles. The Morgan fingerprint density at radius 3 is 2.11 bits per heavy atom. The minimum absolute atomic E-state index is 0.455. The molecule has 0 aliphatic carbocycles. The van der Waals surface area contributed by atoms with Crippen LogP contribution >= 0.6 is 0 Å². The molecule has 1 unspecified atom stereocenters. The normalized spacial score (nSPS) is 15.0. The Balaban J connectivity index is 1.23. The molecule has 5 nitrogen and oxygen atoms in total. The van der Waals surface area contributed by atoms with E-state index in [9.17, 15) is 0 Å². The number of amidine groups is 2. The topological polar surface area (TPSA) is 62.8 Å². The van der Waals surface area contributed by atoms with Crippen LogP contribution in [0.4, 0.5) is 0 Å². The second-order valence-corrected chi connectivity index (χ2v) is 12.1. The molecule has 0 radical (unpaired) electrons. The minimum Gasteiger partial charge on any atom is -0.456 e. The summed E-state index contributed by atoms with van der Waals surface area (Å²) in [5, 5.41) is 15.2. The lowest BCUT2D eigenvalue weighted by Gasteiger charge is -2.24. The van der Waals surface area contributed by atoms with E-state index in [0.717, 1.165) is 61.1 Å². The van der Waals surface area contributed by atoms with Gasteiger partial charge in [-0.15, -0.1) is 0 Å². The largest absolute Gasteiger partial charge is 0.456 e. The Kier molecular flexibility index (Phi) is 5.57. The van der Waals surface area contributed by atoms with Crippen molar-refractivity contribution in [2.75, 3.05) is 0 Å². The lowest BCUT2D eigenvalue weighted by molar-refractivity contribution is 0.668. The number of aliphatic imine (C=N–C) groups is 2. The molecule has 0 saturated heterocycles. The van der Waals surface area contributed by atoms with Crippen molar-refractivity contribution in [1.29, 1.82) is 0 Å². The zero-order valence-electron chi connectivity index (χ0n) is 25.2. The Morgan fingerprint density at radius 1 is 0.489 bits per heavy atom. The molecule has 3 heterocycles. The van der Waals surface area contributed by atoms with E-state index in [0.29, 0.717) is 0 Å². The van der Waals surface area contributed by atoms with Crippen LogP contribution in [0.2, 0.25) is 0 Å². The maximum Gasteiger partial charge on any atom is 0.169 e. The maximum absolute atomic E-state index is 6.24. The fourth-order valence-corrected chi connectivity index (χ4v) is 7.18. The van der Waals surface area contributed by atoms with Gasteiger partial charge in [0.1, 0.15) is 22.8 Å². The molecular formula is C42H26N4O. The number of fused-ring (bicyclic) bond motifs is 9. The van der Waals surface area contributed by atoms with Crippen molar-refractivity contribution in [1.82, 2.24) is 10.3 Å². The van der Waals surface area contributed by atoms with Crippen molar-refractivity contribution in [3.63, 3.8) is 0 Å². The molecule has 47 heavy (non-hydrogen) atoms. The lowest BCUT2D eigenvalue weighted by Crippen LogP contribution is -2.36. The summed E-state index contributed by atoms with van der Waals surface area (Å²) in [6.07, 6.45) is 3.17. The first-order chi connectivity index (χ1) is 23.3. The Hall–Kier alpha value is -6.33. The van der Waals surface area contributed by atoms with Gasteiger partial charge in [0.15, 0.2) is 6.17 Å². The highest BCUT2D eigenvalue weighted by Crippen LogP contribution is 2.37. The van der Waals surface area contributed by atoms with Crippen LogP contribution in [0, 0.1) is 0 Å². The summed E-state index contributed by atoms with van der Waals surface area (Å²) in [6.45, 7) is 0. The van der Waals surface area contributed by atoms with E-state index in [4.69, 9.17) is 14.4 Å². The molecule has 9 aromatic rings. The summed E-state index contributed by atoms with van der Waals surface area (Å²) in [4.78, 5) is 15.0. The molecule has 1 atom stereocenters. The van der Waals surface area contributed by atoms with E-state index in [1.165, 1.54) is 32.3 Å². The van der Waals surface area contributed by atoms with Crippen molar-refractivity contribution in [3.8, 4) is 0 Å². The van der Waals surface area contributed by atoms with Crippen molar-refractivity contribution >= 4 is 76.7 Å². The molecule has 1 aliphatic heterocycles. The van der Waals surface area contributed by atoms with E-state index in [1.807, 2.05) is 24.4 Å². The molecule has 10 rings (SSSR count). The number of furan rings is 1. The number of hydrogen-bond donors (Lipinski definition) is 1. The summed E-state index contributed by atoms with van der Waals surface area (Å²) in [5.41, 5.74) is 4.61. The average molecular weight is 603 g/mol. The highest BCUT2D eigenvalue weighted by molar-refractivity contribution is 6.29. The number of rotatable bonds is 3. The lowest BCUT2D eigenvalue weighted by atomic mass is 9.92. The monoisotopic (exact) mass is 602 g/mol. The number of aromatic nitrogens is 1. The first-order valence-corrected chi connectivity index (χ1v) is 15.8. The van der Waals surface area contributed by atoms with E-state index in [-0.39, 0.29) is 0 Å². The summed E-state index contributed by atoms with van der Waals surface area (Å²) in [6, 6.07) is 46.9. The predicted octanol–water partition coefficient (Wildman–Crippen LogP) is 10.1. The van der Waals surface area contributed by atoms with Gasteiger partial charge in [-0.3, -0.25) is 4.98 Å². The van der Waals surface area contributed by atoms with Gasteiger partial charge in [-0.05, 0) is 72.9 Å². The molecular weight excluding hydrogens is 576 g/mol. The minimum atomic E-state index is -0.455. The molecule has 1 aliphatic rings. The van der Waals surface area contributed by atoms with Gasteiger partial charge in [-0.1, -0.05) is 109 Å². The van der Waals surface area contributed by atoms with Gasteiger partial charge >= 0.3 is 0 Å². The number of pyridine rings is 1. The van der Waals surface area contributed by atoms with Crippen LogP contribution in [0.5, 0.6) is 0 Å². The third-order valence-electron chi connectivity index (χ3n) is 9.37. The molecule has 2 aromatic heterocycles. The zero-order valence-corrected chi connectivity index (χ0v) is 25.2. The predicted molar refractivity (Wildman–Crippen MR) is 193 cm³/mol. The number of hydrogen-bond acceptors (Lipinski definition) is 5. The summed E-state index contributed by atoms with van der Waals surface area (Å²) < 4.78 is 6.24. The van der Waals surface area contributed by atoms with Crippen molar-refractivity contribution < 1.29 is 4.42 Å². The van der Waals surface area contributed by atoms with Crippen molar-refractivity contribution in [3.05, 3.63) is 163 Å². The number of nitrogens with zero attached hydrogens (tertiary/aromatic N) is 3. The average Bonchev–Trinajstić information content (AvgIpc) is 3.53. The fraction of sp³-hybridized carbons (Fsp3) is 0.0238. The van der Waals surface area contributed by atoms with Crippen LogP contribution in [-0.2, 0) is 0 Å². The van der Waals surface area contributed by atoms with Gasteiger partial charge in [0.2, 0.25) is 0 Å². The van der Waals surface area contributed by atoms with Crippen LogP contribution in [0.25, 0.3) is 65.0 Å². The Morgan fingerprint density at radius 2 is 1.21 bits per heavy atom. The second kappa shape index (κ2) is 10.1. The van der Waals surface area contributed by atoms with Gasteiger partial charge in [0.05, 0.1) is 0 Å². The first kappa shape index (κ1) is 25.9. The SMILES string of the molecule is c1ccc2cc(C3N=C(c4cc5ccc6ccccc6c5c5ccccc45)NC(c4cccc5oc6ccncc6c45)=N3)ccc2c1. The third-order valence-corrected chi connectivity index (χ3v) is 9.37. The Bertz CT molecular complexity index is 2790. The van der Waals surface area contributed by atoms with Gasteiger partial charge in [-0.25, -0.2) is 9.98 Å². The highest BCUT2D eigenvalue weighted by atomic mass is 16.3. The van der Waals surface area contributed by atoms with E-state index < -0.39 is 6.17 Å². The fourth-order valence-electron chi connectivity index (χ4n) is 7.18. The molecule has 0 bridgehead atoms.